The van der Waals surface area contributed by atoms with Crippen LogP contribution in [-0.4, -0.2) is 20.0 Å². The monoisotopic (exact) mass is 344 g/mol. The first kappa shape index (κ1) is 14.7. The van der Waals surface area contributed by atoms with Crippen LogP contribution < -0.4 is 0 Å². The predicted molar refractivity (Wildman–Crippen MR) is 60.9 cm³/mol. The normalized spacial score (nSPS) is 48.9. The van der Waals surface area contributed by atoms with E-state index in [0.717, 1.165) is 6.66 Å². The van der Waals surface area contributed by atoms with Crippen molar-refractivity contribution in [2.45, 2.75) is 0 Å². The highest BCUT2D eigenvalue weighted by molar-refractivity contribution is 7.80. The first-order chi connectivity index (χ1) is 7.57. The van der Waals surface area contributed by atoms with Crippen LogP contribution in [0, 0.1) is 0 Å². The van der Waals surface area contributed by atoms with Crippen LogP contribution in [-0.2, 0) is 39.6 Å². The second-order valence-electron chi connectivity index (χ2n) is 3.25. The van der Waals surface area contributed by atoms with E-state index in [9.17, 15) is 13.7 Å². The minimum absolute atomic E-state index is 1.15. The van der Waals surface area contributed by atoms with E-state index >= 15 is 0 Å². The van der Waals surface area contributed by atoms with E-state index in [1.165, 1.54) is 13.3 Å². The maximum Gasteiger partial charge on any atom is 0.355 e. The van der Waals surface area contributed by atoms with Crippen LogP contribution in [0.2, 0.25) is 0 Å². The van der Waals surface area contributed by atoms with Gasteiger partial charge in [0.15, 0.2) is 0 Å². The maximum absolute atomic E-state index is 11.7. The molecule has 0 N–H and O–H groups in total. The summed E-state index contributed by atoms with van der Waals surface area (Å²) in [5, 5.41) is 0. The molecule has 0 saturated carbocycles. The SMILES string of the molecule is CP1(=O)OP(OP(C)(=O)OP2OP(C)(=O)O2)O1. The van der Waals surface area contributed by atoms with Gasteiger partial charge < -0.3 is 0 Å². The van der Waals surface area contributed by atoms with Crippen LogP contribution in [0.4, 0.5) is 0 Å². The van der Waals surface area contributed by atoms with E-state index < -0.39 is 40.0 Å². The van der Waals surface area contributed by atoms with Crippen LogP contribution in [0.25, 0.3) is 0 Å². The lowest BCUT2D eigenvalue weighted by atomic mass is 12.0. The molecule has 2 aliphatic heterocycles. The fraction of sp³-hybridized carbons (Fsp3) is 1.00. The van der Waals surface area contributed by atoms with Gasteiger partial charge in [0.25, 0.3) is 0 Å². The van der Waals surface area contributed by atoms with Gasteiger partial charge in [-0.2, -0.15) is 0 Å². The van der Waals surface area contributed by atoms with Crippen molar-refractivity contribution in [2.24, 2.45) is 0 Å². The molecule has 17 heavy (non-hydrogen) atoms. The molecule has 0 amide bonds. The Morgan fingerprint density at radius 2 is 1.24 bits per heavy atom. The average Bonchev–Trinajstić information content (AvgIpc) is 1.94. The molecule has 2 heterocycles. The summed E-state index contributed by atoms with van der Waals surface area (Å²) in [5.74, 6) is 0. The van der Waals surface area contributed by atoms with E-state index in [2.05, 4.69) is 0 Å². The lowest BCUT2D eigenvalue weighted by molar-refractivity contribution is 0.252. The van der Waals surface area contributed by atoms with Crippen LogP contribution in [0.5, 0.6) is 0 Å². The third-order valence-electron chi connectivity index (χ3n) is 1.29. The Balaban J connectivity index is 1.78. The molecule has 100 valence electrons. The zero-order valence-electron chi connectivity index (χ0n) is 8.91. The molecule has 0 unspecified atom stereocenters. The highest BCUT2D eigenvalue weighted by Crippen LogP contribution is 2.84. The summed E-state index contributed by atoms with van der Waals surface area (Å²) in [6.07, 6.45) is 0. The quantitative estimate of drug-likeness (QED) is 0.698. The molecule has 2 saturated heterocycles. The van der Waals surface area contributed by atoms with Gasteiger partial charge in [0.1, 0.15) is 0 Å². The second-order valence-corrected chi connectivity index (χ2v) is 12.7. The predicted octanol–water partition coefficient (Wildman–Crippen LogP) is 4.04. The molecule has 9 nitrogen and oxygen atoms in total. The molecule has 14 heteroatoms. The molecule has 2 rings (SSSR count). The van der Waals surface area contributed by atoms with Crippen molar-refractivity contribution in [2.75, 3.05) is 20.0 Å². The van der Waals surface area contributed by atoms with Gasteiger partial charge in [-0.05, 0) is 0 Å². The van der Waals surface area contributed by atoms with Gasteiger partial charge in [-0.3, -0.25) is 13.7 Å². The standard InChI is InChI=1S/C3H9O9P5/c1-15(4)7-13(8-15)11-17(3,6)12-14-9-16(2,5)10-14/h1-3H3. The largest absolute Gasteiger partial charge is 0.355 e. The Kier molecular flexibility index (Phi) is 4.07. The Labute approximate surface area is 100 Å². The number of hydrogen-bond acceptors (Lipinski definition) is 9. The summed E-state index contributed by atoms with van der Waals surface area (Å²) in [4.78, 5) is 0. The molecule has 2 fully saturated rings. The Hall–Kier alpha value is 1.31. The maximum atomic E-state index is 11.7. The fourth-order valence-electron chi connectivity index (χ4n) is 0.813. The van der Waals surface area contributed by atoms with Gasteiger partial charge in [0.2, 0.25) is 0 Å². The second kappa shape index (κ2) is 4.70. The number of rotatable bonds is 4. The third-order valence-corrected chi connectivity index (χ3v) is 11.6. The van der Waals surface area contributed by atoms with Crippen molar-refractivity contribution in [1.29, 1.82) is 0 Å². The lowest BCUT2D eigenvalue weighted by Gasteiger charge is -2.34. The van der Waals surface area contributed by atoms with Gasteiger partial charge in [0.05, 0.1) is 0 Å². The molecule has 0 aromatic heterocycles. The van der Waals surface area contributed by atoms with Crippen molar-refractivity contribution >= 4 is 40.0 Å². The number of hydrogen-bond donors (Lipinski definition) is 0. The molecule has 0 bridgehead atoms. The van der Waals surface area contributed by atoms with Crippen molar-refractivity contribution in [3.05, 3.63) is 0 Å². The summed E-state index contributed by atoms with van der Waals surface area (Å²) in [5.41, 5.74) is 0. The minimum atomic E-state index is -3.53. The summed E-state index contributed by atoms with van der Waals surface area (Å²) >= 11 is 0. The van der Waals surface area contributed by atoms with E-state index in [1.807, 2.05) is 0 Å². The molecule has 0 aromatic carbocycles. The summed E-state index contributed by atoms with van der Waals surface area (Å²) < 4.78 is 62.4. The van der Waals surface area contributed by atoms with Gasteiger partial charge in [0, 0.05) is 20.0 Å². The Bertz CT molecular complexity index is 402. The molecule has 0 aliphatic carbocycles. The molecule has 2 aliphatic rings. The minimum Gasteiger partial charge on any atom is -0.259 e. The van der Waals surface area contributed by atoms with E-state index in [1.54, 1.807) is 0 Å². The lowest BCUT2D eigenvalue weighted by Crippen LogP contribution is -2.05. The molecule has 0 aromatic rings. The van der Waals surface area contributed by atoms with Gasteiger partial charge in [-0.1, -0.05) is 0 Å². The van der Waals surface area contributed by atoms with E-state index in [0.29, 0.717) is 0 Å². The third kappa shape index (κ3) is 4.14. The zero-order chi connectivity index (χ0) is 12.9. The first-order valence-electron chi connectivity index (χ1n) is 4.08. The molecular weight excluding hydrogens is 335 g/mol. The van der Waals surface area contributed by atoms with Crippen LogP contribution in [0.15, 0.2) is 0 Å². The summed E-state index contributed by atoms with van der Waals surface area (Å²) in [7, 11) is -13.5. The zero-order valence-corrected chi connectivity index (χ0v) is 13.4. The van der Waals surface area contributed by atoms with Crippen LogP contribution in [0.1, 0.15) is 0 Å². The summed E-state index contributed by atoms with van der Waals surface area (Å²) in [6.45, 7) is 3.66. The van der Waals surface area contributed by atoms with Gasteiger partial charge in [-0.25, -0.2) is 25.9 Å². The molecule has 0 atom stereocenters. The van der Waals surface area contributed by atoms with Crippen molar-refractivity contribution < 1.29 is 39.6 Å². The highest BCUT2D eigenvalue weighted by Gasteiger charge is 2.49. The van der Waals surface area contributed by atoms with Gasteiger partial charge >= 0.3 is 40.0 Å². The Morgan fingerprint density at radius 1 is 0.941 bits per heavy atom. The Morgan fingerprint density at radius 3 is 1.47 bits per heavy atom. The van der Waals surface area contributed by atoms with Crippen molar-refractivity contribution in [3.8, 4) is 0 Å². The molecule has 0 spiro atoms. The fourth-order valence-corrected chi connectivity index (χ4v) is 8.66. The van der Waals surface area contributed by atoms with Crippen molar-refractivity contribution in [3.63, 3.8) is 0 Å². The summed E-state index contributed by atoms with van der Waals surface area (Å²) in [6, 6.07) is 0. The van der Waals surface area contributed by atoms with Crippen molar-refractivity contribution in [1.82, 2.24) is 0 Å². The highest BCUT2D eigenvalue weighted by atomic mass is 31.3. The van der Waals surface area contributed by atoms with E-state index in [-0.39, 0.29) is 0 Å². The molecule has 0 radical (unpaired) electrons. The van der Waals surface area contributed by atoms with Crippen LogP contribution >= 0.6 is 40.0 Å². The van der Waals surface area contributed by atoms with Gasteiger partial charge in [-0.15, -0.1) is 0 Å². The van der Waals surface area contributed by atoms with E-state index in [4.69, 9.17) is 25.9 Å². The average molecular weight is 344 g/mol. The topological polar surface area (TPSA) is 107 Å². The first-order valence-corrected chi connectivity index (χ1v) is 12.2. The smallest absolute Gasteiger partial charge is 0.259 e. The molecular formula is C3H9O9P5. The van der Waals surface area contributed by atoms with Crippen LogP contribution in [0.3, 0.4) is 0 Å².